The predicted molar refractivity (Wildman–Crippen MR) is 72.3 cm³/mol. The van der Waals surface area contributed by atoms with E-state index >= 15 is 0 Å². The van der Waals surface area contributed by atoms with Gasteiger partial charge in [-0.15, -0.1) is 11.3 Å². The minimum atomic E-state index is -0.503. The van der Waals surface area contributed by atoms with E-state index in [0.29, 0.717) is 5.69 Å². The van der Waals surface area contributed by atoms with Crippen LogP contribution in [0, 0.1) is 5.82 Å². The van der Waals surface area contributed by atoms with E-state index in [1.165, 1.54) is 41.3 Å². The molecule has 0 aliphatic rings. The molecule has 1 aromatic heterocycles. The predicted octanol–water partition coefficient (Wildman–Crippen LogP) is 2.60. The number of halogens is 1. The number of nitrogens with two attached hydrogens (primary N) is 1. The zero-order chi connectivity index (χ0) is 13.0. The first-order valence-corrected chi connectivity index (χ1v) is 6.89. The number of hydrogen-bond acceptors (Lipinski definition) is 5. The molecule has 94 valence electrons. The van der Waals surface area contributed by atoms with Crippen LogP contribution >= 0.6 is 23.1 Å². The summed E-state index contributed by atoms with van der Waals surface area (Å²) in [5.74, 6) is -0.613. The molecule has 0 aliphatic carbocycles. The first kappa shape index (κ1) is 12.8. The highest BCUT2D eigenvalue weighted by atomic mass is 32.2. The van der Waals surface area contributed by atoms with Gasteiger partial charge in [-0.1, -0.05) is 11.8 Å². The van der Waals surface area contributed by atoms with Crippen LogP contribution < -0.4 is 11.1 Å². The van der Waals surface area contributed by atoms with E-state index < -0.39 is 5.82 Å². The standard InChI is InChI=1S/C11H10FN3OS2/c12-8-2-1-7(13)5-9(8)15-10(16)6-18-11-14-3-4-17-11/h1-5H,6,13H2,(H,15,16). The van der Waals surface area contributed by atoms with Crippen LogP contribution in [-0.4, -0.2) is 16.6 Å². The van der Waals surface area contributed by atoms with Crippen molar-refractivity contribution in [3.05, 3.63) is 35.6 Å². The number of nitrogens with zero attached hydrogens (tertiary/aromatic N) is 1. The molecule has 0 radical (unpaired) electrons. The monoisotopic (exact) mass is 283 g/mol. The Bertz CT molecular complexity index is 545. The van der Waals surface area contributed by atoms with Gasteiger partial charge in [-0.2, -0.15) is 0 Å². The zero-order valence-corrected chi connectivity index (χ0v) is 10.9. The Hall–Kier alpha value is -1.60. The Labute approximate surface area is 111 Å². The third kappa shape index (κ3) is 3.44. The second kappa shape index (κ2) is 5.83. The lowest BCUT2D eigenvalue weighted by Crippen LogP contribution is -2.15. The number of carbonyl (C=O) groups excluding carboxylic acids is 1. The molecule has 1 aromatic carbocycles. The van der Waals surface area contributed by atoms with Crippen molar-refractivity contribution in [1.82, 2.24) is 4.98 Å². The van der Waals surface area contributed by atoms with Gasteiger partial charge in [0.15, 0.2) is 0 Å². The highest BCUT2D eigenvalue weighted by Gasteiger charge is 2.08. The summed E-state index contributed by atoms with van der Waals surface area (Å²) in [4.78, 5) is 15.6. The van der Waals surface area contributed by atoms with Crippen LogP contribution in [0.3, 0.4) is 0 Å². The van der Waals surface area contributed by atoms with Crippen LogP contribution in [0.2, 0.25) is 0 Å². The third-order valence-electron chi connectivity index (χ3n) is 2.00. The quantitative estimate of drug-likeness (QED) is 0.668. The second-order valence-corrected chi connectivity index (χ2v) is 5.49. The van der Waals surface area contributed by atoms with Crippen LogP contribution in [0.15, 0.2) is 34.1 Å². The summed E-state index contributed by atoms with van der Waals surface area (Å²) in [5, 5.41) is 4.31. The Morgan fingerprint density at radius 3 is 3.11 bits per heavy atom. The maximum atomic E-state index is 13.4. The minimum absolute atomic E-state index is 0.0970. The van der Waals surface area contributed by atoms with Crippen molar-refractivity contribution in [2.75, 3.05) is 16.8 Å². The first-order chi connectivity index (χ1) is 8.65. The molecule has 2 aromatic rings. The Balaban J connectivity index is 1.92. The van der Waals surface area contributed by atoms with Crippen molar-refractivity contribution in [3.63, 3.8) is 0 Å². The van der Waals surface area contributed by atoms with Crippen molar-refractivity contribution >= 4 is 40.4 Å². The molecule has 7 heteroatoms. The molecule has 0 unspecified atom stereocenters. The van der Waals surface area contributed by atoms with Crippen molar-refractivity contribution in [3.8, 4) is 0 Å². The van der Waals surface area contributed by atoms with Crippen LogP contribution in [0.1, 0.15) is 0 Å². The molecule has 0 fully saturated rings. The highest BCUT2D eigenvalue weighted by Crippen LogP contribution is 2.21. The van der Waals surface area contributed by atoms with Gasteiger partial charge in [0.25, 0.3) is 0 Å². The summed E-state index contributed by atoms with van der Waals surface area (Å²) >= 11 is 2.76. The number of thiazole rings is 1. The minimum Gasteiger partial charge on any atom is -0.399 e. The molecular weight excluding hydrogens is 273 g/mol. The van der Waals surface area contributed by atoms with E-state index in [0.717, 1.165) is 4.34 Å². The summed E-state index contributed by atoms with van der Waals surface area (Å²) in [6, 6.07) is 4.05. The fourth-order valence-electron chi connectivity index (χ4n) is 1.23. The molecule has 0 spiro atoms. The van der Waals surface area contributed by atoms with Gasteiger partial charge in [-0.3, -0.25) is 4.79 Å². The van der Waals surface area contributed by atoms with Gasteiger partial charge in [0.1, 0.15) is 10.2 Å². The molecule has 3 N–H and O–H groups in total. The largest absolute Gasteiger partial charge is 0.399 e. The maximum Gasteiger partial charge on any atom is 0.234 e. The van der Waals surface area contributed by atoms with E-state index in [1.54, 1.807) is 6.20 Å². The van der Waals surface area contributed by atoms with E-state index in [9.17, 15) is 9.18 Å². The van der Waals surface area contributed by atoms with Crippen LogP contribution in [0.25, 0.3) is 0 Å². The van der Waals surface area contributed by atoms with E-state index in [4.69, 9.17) is 5.73 Å². The Morgan fingerprint density at radius 1 is 1.56 bits per heavy atom. The number of aromatic nitrogens is 1. The van der Waals surface area contributed by atoms with Crippen molar-refractivity contribution in [1.29, 1.82) is 0 Å². The summed E-state index contributed by atoms with van der Waals surface area (Å²) in [6.07, 6.45) is 1.67. The summed E-state index contributed by atoms with van der Waals surface area (Å²) in [7, 11) is 0. The number of anilines is 2. The highest BCUT2D eigenvalue weighted by molar-refractivity contribution is 8.01. The Kier molecular flexibility index (Phi) is 4.16. The normalized spacial score (nSPS) is 10.3. The second-order valence-electron chi connectivity index (χ2n) is 3.37. The molecular formula is C11H10FN3OS2. The smallest absolute Gasteiger partial charge is 0.234 e. The average Bonchev–Trinajstić information content (AvgIpc) is 2.84. The number of hydrogen-bond donors (Lipinski definition) is 2. The summed E-state index contributed by atoms with van der Waals surface area (Å²) in [5.41, 5.74) is 6.02. The topological polar surface area (TPSA) is 68.0 Å². The molecule has 0 saturated carbocycles. The van der Waals surface area contributed by atoms with Gasteiger partial charge in [-0.25, -0.2) is 9.37 Å². The van der Waals surface area contributed by atoms with Gasteiger partial charge in [0.05, 0.1) is 11.4 Å². The molecule has 2 rings (SSSR count). The Morgan fingerprint density at radius 2 is 2.39 bits per heavy atom. The van der Waals surface area contributed by atoms with Crippen molar-refractivity contribution in [2.24, 2.45) is 0 Å². The lowest BCUT2D eigenvalue weighted by atomic mass is 10.2. The van der Waals surface area contributed by atoms with Crippen LogP contribution in [0.5, 0.6) is 0 Å². The number of benzene rings is 1. The summed E-state index contributed by atoms with van der Waals surface area (Å²) < 4.78 is 14.2. The SMILES string of the molecule is Nc1ccc(F)c(NC(=O)CSc2nccs2)c1. The first-order valence-electron chi connectivity index (χ1n) is 5.02. The molecule has 1 heterocycles. The number of rotatable bonds is 4. The van der Waals surface area contributed by atoms with Crippen LogP contribution in [-0.2, 0) is 4.79 Å². The van der Waals surface area contributed by atoms with E-state index in [2.05, 4.69) is 10.3 Å². The van der Waals surface area contributed by atoms with Gasteiger partial charge >= 0.3 is 0 Å². The summed E-state index contributed by atoms with van der Waals surface area (Å²) in [6.45, 7) is 0. The maximum absolute atomic E-state index is 13.4. The van der Waals surface area contributed by atoms with Gasteiger partial charge in [-0.05, 0) is 18.2 Å². The molecule has 0 atom stereocenters. The number of amides is 1. The molecule has 1 amide bonds. The van der Waals surface area contributed by atoms with Gasteiger partial charge in [0, 0.05) is 17.3 Å². The molecule has 0 aliphatic heterocycles. The molecule has 0 bridgehead atoms. The van der Waals surface area contributed by atoms with Crippen molar-refractivity contribution < 1.29 is 9.18 Å². The van der Waals surface area contributed by atoms with Crippen LogP contribution in [0.4, 0.5) is 15.8 Å². The number of nitrogen functional groups attached to an aromatic ring is 1. The van der Waals surface area contributed by atoms with Gasteiger partial charge < -0.3 is 11.1 Å². The lowest BCUT2D eigenvalue weighted by molar-refractivity contribution is -0.113. The molecule has 0 saturated heterocycles. The van der Waals surface area contributed by atoms with E-state index in [1.807, 2.05) is 5.38 Å². The fourth-order valence-corrected chi connectivity index (χ4v) is 2.67. The van der Waals surface area contributed by atoms with Crippen molar-refractivity contribution in [2.45, 2.75) is 4.34 Å². The lowest BCUT2D eigenvalue weighted by Gasteiger charge is -2.06. The molecule has 18 heavy (non-hydrogen) atoms. The third-order valence-corrected chi connectivity index (χ3v) is 3.97. The number of thioether (sulfide) groups is 1. The zero-order valence-electron chi connectivity index (χ0n) is 9.22. The number of carbonyl (C=O) groups is 1. The average molecular weight is 283 g/mol. The van der Waals surface area contributed by atoms with Gasteiger partial charge in [0.2, 0.25) is 5.91 Å². The number of nitrogens with one attached hydrogen (secondary N) is 1. The fraction of sp³-hybridized carbons (Fsp3) is 0.0909. The molecule has 4 nitrogen and oxygen atoms in total. The van der Waals surface area contributed by atoms with E-state index in [-0.39, 0.29) is 17.3 Å².